The van der Waals surface area contributed by atoms with Gasteiger partial charge in [-0.25, -0.2) is 18.4 Å². The number of aliphatic hydroxyl groups excluding tert-OH is 1. The first-order valence-electron chi connectivity index (χ1n) is 12.9. The van der Waals surface area contributed by atoms with Gasteiger partial charge in [0.2, 0.25) is 5.13 Å². The molecule has 2 N–H and O–H groups in total. The molecule has 1 saturated carbocycles. The van der Waals surface area contributed by atoms with Crippen molar-refractivity contribution in [2.24, 2.45) is 5.41 Å². The van der Waals surface area contributed by atoms with Crippen LogP contribution in [-0.2, 0) is 0 Å². The predicted octanol–water partition coefficient (Wildman–Crippen LogP) is 5.20. The molecule has 3 fully saturated rings. The number of aliphatic hydroxyl groups is 1. The van der Waals surface area contributed by atoms with Crippen LogP contribution >= 0.6 is 23.3 Å². The standard InChI is InChI=1S/C25H30F3N7OS2/c26-22-21(29-23(38-22)34-11-7-25(27,28)8-12-34)18-16-35(32-30-18)19-2-1-17(31-37-14-13-36)15-20(19)33-9-5-24(3-4-24)6-10-33/h1-2,15-16,31,36H,3-14H2. The van der Waals surface area contributed by atoms with Gasteiger partial charge in [0, 0.05) is 50.5 Å². The van der Waals surface area contributed by atoms with Crippen molar-refractivity contribution in [2.45, 2.75) is 44.4 Å². The number of anilines is 3. The Balaban J connectivity index is 1.26. The highest BCUT2D eigenvalue weighted by Crippen LogP contribution is 2.54. The Morgan fingerprint density at radius 3 is 2.45 bits per heavy atom. The fraction of sp³-hybridized carbons (Fsp3) is 0.560. The summed E-state index contributed by atoms with van der Waals surface area (Å²) in [5.74, 6) is -2.09. The Morgan fingerprint density at radius 2 is 1.74 bits per heavy atom. The number of aromatic nitrogens is 4. The van der Waals surface area contributed by atoms with Gasteiger partial charge in [0.1, 0.15) is 11.4 Å². The van der Waals surface area contributed by atoms with Crippen molar-refractivity contribution in [3.8, 4) is 17.1 Å². The summed E-state index contributed by atoms with van der Waals surface area (Å²) in [7, 11) is 0. The largest absolute Gasteiger partial charge is 0.395 e. The first-order valence-corrected chi connectivity index (χ1v) is 14.7. The molecule has 3 aromatic rings. The molecule has 38 heavy (non-hydrogen) atoms. The van der Waals surface area contributed by atoms with Crippen molar-refractivity contribution in [1.29, 1.82) is 0 Å². The second kappa shape index (κ2) is 10.2. The van der Waals surface area contributed by atoms with E-state index in [-0.39, 0.29) is 38.2 Å². The first-order chi connectivity index (χ1) is 18.3. The van der Waals surface area contributed by atoms with E-state index in [1.54, 1.807) is 15.8 Å². The molecule has 8 nitrogen and oxygen atoms in total. The van der Waals surface area contributed by atoms with E-state index in [9.17, 15) is 13.2 Å². The number of nitrogens with zero attached hydrogens (tertiary/aromatic N) is 6. The summed E-state index contributed by atoms with van der Waals surface area (Å²) < 4.78 is 47.0. The van der Waals surface area contributed by atoms with Crippen LogP contribution < -0.4 is 14.5 Å². The molecular formula is C25H30F3N7OS2. The van der Waals surface area contributed by atoms with Crippen molar-refractivity contribution in [2.75, 3.05) is 53.1 Å². The van der Waals surface area contributed by atoms with Crippen LogP contribution in [0.15, 0.2) is 24.4 Å². The second-order valence-electron chi connectivity index (χ2n) is 10.4. The van der Waals surface area contributed by atoms with Crippen molar-refractivity contribution < 1.29 is 18.3 Å². The Labute approximate surface area is 227 Å². The third kappa shape index (κ3) is 5.32. The SMILES string of the molecule is OCCSNc1ccc(-n2cc(-c3nc(N4CCC(F)(F)CC4)sc3F)nn2)c(N2CCC3(CC2)CC3)c1. The van der Waals surface area contributed by atoms with Gasteiger partial charge in [0.05, 0.1) is 24.2 Å². The number of piperidine rings is 2. The zero-order valence-electron chi connectivity index (χ0n) is 20.9. The van der Waals surface area contributed by atoms with E-state index in [0.717, 1.165) is 41.5 Å². The highest BCUT2D eigenvalue weighted by atomic mass is 32.2. The Morgan fingerprint density at radius 1 is 1.00 bits per heavy atom. The smallest absolute Gasteiger partial charge is 0.251 e. The molecule has 4 heterocycles. The summed E-state index contributed by atoms with van der Waals surface area (Å²) in [4.78, 5) is 8.49. The maximum absolute atomic E-state index is 14.9. The van der Waals surface area contributed by atoms with Gasteiger partial charge in [-0.2, -0.15) is 4.39 Å². The number of hydrogen-bond donors (Lipinski definition) is 2. The van der Waals surface area contributed by atoms with Crippen LogP contribution in [0.5, 0.6) is 0 Å². The predicted molar refractivity (Wildman–Crippen MR) is 145 cm³/mol. The van der Waals surface area contributed by atoms with Crippen molar-refractivity contribution in [3.63, 3.8) is 0 Å². The van der Waals surface area contributed by atoms with Crippen molar-refractivity contribution in [1.82, 2.24) is 20.0 Å². The molecular weight excluding hydrogens is 535 g/mol. The second-order valence-corrected chi connectivity index (χ2v) is 12.2. The zero-order chi connectivity index (χ0) is 26.3. The van der Waals surface area contributed by atoms with Gasteiger partial charge in [-0.15, -0.1) is 5.10 Å². The molecule has 1 aliphatic carbocycles. The number of hydrogen-bond acceptors (Lipinski definition) is 9. The van der Waals surface area contributed by atoms with Crippen LogP contribution in [0.4, 0.5) is 29.7 Å². The van der Waals surface area contributed by atoms with E-state index in [4.69, 9.17) is 5.11 Å². The Bertz CT molecular complexity index is 1280. The average Bonchev–Trinajstić information content (AvgIpc) is 3.30. The third-order valence-electron chi connectivity index (χ3n) is 7.80. The molecule has 0 unspecified atom stereocenters. The lowest BCUT2D eigenvalue weighted by Crippen LogP contribution is -2.39. The molecule has 2 aromatic heterocycles. The third-order valence-corrected chi connectivity index (χ3v) is 9.47. The summed E-state index contributed by atoms with van der Waals surface area (Å²) in [6.45, 7) is 2.30. The van der Waals surface area contributed by atoms with Crippen LogP contribution in [-0.4, -0.2) is 69.5 Å². The molecule has 0 amide bonds. The summed E-state index contributed by atoms with van der Waals surface area (Å²) in [6, 6.07) is 6.00. The summed E-state index contributed by atoms with van der Waals surface area (Å²) in [6.07, 6.45) is 6.13. The minimum Gasteiger partial charge on any atom is -0.395 e. The van der Waals surface area contributed by atoms with Gasteiger partial charge in [-0.1, -0.05) is 28.5 Å². The summed E-state index contributed by atoms with van der Waals surface area (Å²) in [5, 5.41) is 17.5. The molecule has 2 saturated heterocycles. The van der Waals surface area contributed by atoms with Gasteiger partial charge < -0.3 is 19.6 Å². The van der Waals surface area contributed by atoms with E-state index >= 15 is 0 Å². The highest BCUT2D eigenvalue weighted by Gasteiger charge is 2.44. The van der Waals surface area contributed by atoms with Crippen LogP contribution in [0.3, 0.4) is 0 Å². The number of alkyl halides is 2. The molecule has 3 aliphatic rings. The summed E-state index contributed by atoms with van der Waals surface area (Å²) in [5.41, 5.74) is 3.70. The number of benzene rings is 1. The fourth-order valence-corrected chi connectivity index (χ4v) is 6.55. The first kappa shape index (κ1) is 25.8. The quantitative estimate of drug-likeness (QED) is 0.285. The fourth-order valence-electron chi connectivity index (χ4n) is 5.21. The molecule has 1 aromatic carbocycles. The van der Waals surface area contributed by atoms with E-state index in [2.05, 4.69) is 31.0 Å². The van der Waals surface area contributed by atoms with Gasteiger partial charge >= 0.3 is 0 Å². The number of rotatable bonds is 8. The molecule has 204 valence electrons. The van der Waals surface area contributed by atoms with E-state index in [1.807, 2.05) is 12.1 Å². The number of halogens is 3. The Hall–Kier alpha value is -2.51. The average molecular weight is 566 g/mol. The molecule has 1 spiro atoms. The van der Waals surface area contributed by atoms with E-state index in [1.165, 1.54) is 37.6 Å². The topological polar surface area (TPSA) is 82.3 Å². The van der Waals surface area contributed by atoms with Crippen molar-refractivity contribution >= 4 is 39.8 Å². The number of nitrogens with one attached hydrogen (secondary N) is 1. The van der Waals surface area contributed by atoms with Crippen LogP contribution in [0, 0.1) is 10.5 Å². The lowest BCUT2D eigenvalue weighted by Gasteiger charge is -2.35. The summed E-state index contributed by atoms with van der Waals surface area (Å²) >= 11 is 2.30. The Kier molecular flexibility index (Phi) is 6.93. The monoisotopic (exact) mass is 565 g/mol. The van der Waals surface area contributed by atoms with Gasteiger partial charge in [-0.3, -0.25) is 0 Å². The maximum atomic E-state index is 14.9. The lowest BCUT2D eigenvalue weighted by atomic mass is 9.93. The molecule has 0 bridgehead atoms. The van der Waals surface area contributed by atoms with Gasteiger partial charge in [0.25, 0.3) is 5.92 Å². The molecule has 2 aliphatic heterocycles. The lowest BCUT2D eigenvalue weighted by molar-refractivity contribution is -0.0220. The molecule has 0 atom stereocenters. The normalized spacial score (nSPS) is 20.2. The van der Waals surface area contributed by atoms with Crippen molar-refractivity contribution in [3.05, 3.63) is 29.5 Å². The van der Waals surface area contributed by atoms with Crippen LogP contribution in [0.25, 0.3) is 17.1 Å². The van der Waals surface area contributed by atoms with Gasteiger partial charge in [0.15, 0.2) is 5.13 Å². The highest BCUT2D eigenvalue weighted by molar-refractivity contribution is 8.00. The zero-order valence-corrected chi connectivity index (χ0v) is 22.5. The molecule has 0 radical (unpaired) electrons. The number of thiazole rings is 1. The van der Waals surface area contributed by atoms with E-state index in [0.29, 0.717) is 22.0 Å². The van der Waals surface area contributed by atoms with Crippen LogP contribution in [0.2, 0.25) is 0 Å². The molecule has 13 heteroatoms. The minimum absolute atomic E-state index is 0.0856. The maximum Gasteiger partial charge on any atom is 0.251 e. The minimum atomic E-state index is -2.67. The van der Waals surface area contributed by atoms with Gasteiger partial charge in [-0.05, 0) is 49.3 Å². The van der Waals surface area contributed by atoms with Crippen LogP contribution in [0.1, 0.15) is 38.5 Å². The van der Waals surface area contributed by atoms with E-state index < -0.39 is 11.1 Å². The molecule has 6 rings (SSSR count).